The van der Waals surface area contributed by atoms with E-state index in [4.69, 9.17) is 0 Å². The monoisotopic (exact) mass is 396 g/mol. The minimum atomic E-state index is -1.06. The summed E-state index contributed by atoms with van der Waals surface area (Å²) in [6.07, 6.45) is 0. The normalized spacial score (nSPS) is 10.4. The highest BCUT2D eigenvalue weighted by atomic mass is 79.9. The number of nitrogens with zero attached hydrogens (tertiary/aromatic N) is 1. The molecule has 0 spiro atoms. The van der Waals surface area contributed by atoms with E-state index in [0.717, 1.165) is 20.4 Å². The summed E-state index contributed by atoms with van der Waals surface area (Å²) in [5.41, 5.74) is -0.165. The van der Waals surface area contributed by atoms with E-state index >= 15 is 0 Å². The molecule has 0 aliphatic rings. The van der Waals surface area contributed by atoms with Gasteiger partial charge in [0, 0.05) is 4.47 Å². The van der Waals surface area contributed by atoms with Gasteiger partial charge in [0.25, 0.3) is 5.91 Å². The zero-order chi connectivity index (χ0) is 13.3. The molecule has 3 nitrogen and oxygen atoms in total. The maximum atomic E-state index is 13.2. The van der Waals surface area contributed by atoms with Crippen molar-refractivity contribution in [3.05, 3.63) is 43.2 Å². The van der Waals surface area contributed by atoms with Gasteiger partial charge in [-0.1, -0.05) is 0 Å². The fraction of sp³-hybridized carbons (Fsp3) is 0. The molecule has 8 heteroatoms. The molecule has 0 fully saturated rings. The standard InChI is InChI=1S/C10H4Br2F2N2OS/c11-4-3-6(18-8(4)12)10(17)15-5-1-2-7(13)16-9(5)14/h1-3H,(H,15,17). The first-order valence-corrected chi connectivity index (χ1v) is 6.96. The highest BCUT2D eigenvalue weighted by Crippen LogP contribution is 2.32. The first kappa shape index (κ1) is 13.6. The Kier molecular flexibility index (Phi) is 4.08. The zero-order valence-electron chi connectivity index (χ0n) is 8.51. The van der Waals surface area contributed by atoms with Gasteiger partial charge in [0.15, 0.2) is 0 Å². The fourth-order valence-corrected chi connectivity index (χ4v) is 3.08. The van der Waals surface area contributed by atoms with Crippen molar-refractivity contribution in [2.45, 2.75) is 0 Å². The van der Waals surface area contributed by atoms with Crippen molar-refractivity contribution in [1.29, 1.82) is 0 Å². The van der Waals surface area contributed by atoms with Crippen molar-refractivity contribution in [2.75, 3.05) is 5.32 Å². The van der Waals surface area contributed by atoms with Gasteiger partial charge < -0.3 is 5.32 Å². The summed E-state index contributed by atoms with van der Waals surface area (Å²) in [6.45, 7) is 0. The summed E-state index contributed by atoms with van der Waals surface area (Å²) >= 11 is 7.68. The lowest BCUT2D eigenvalue weighted by molar-refractivity contribution is 0.103. The Bertz CT molecular complexity index is 598. The fourth-order valence-electron chi connectivity index (χ4n) is 1.15. The second-order valence-corrected chi connectivity index (χ2v) is 6.38. The van der Waals surface area contributed by atoms with Gasteiger partial charge in [-0.15, -0.1) is 11.3 Å². The van der Waals surface area contributed by atoms with Crippen molar-refractivity contribution in [3.63, 3.8) is 0 Å². The number of halogens is 4. The van der Waals surface area contributed by atoms with Gasteiger partial charge in [0.2, 0.25) is 11.9 Å². The van der Waals surface area contributed by atoms with Crippen LogP contribution < -0.4 is 5.32 Å². The van der Waals surface area contributed by atoms with Gasteiger partial charge in [0.05, 0.1) is 14.4 Å². The first-order chi connectivity index (χ1) is 8.47. The van der Waals surface area contributed by atoms with Crippen LogP contribution in [0.4, 0.5) is 14.5 Å². The average molecular weight is 398 g/mol. The Hall–Kier alpha value is -0.860. The van der Waals surface area contributed by atoms with E-state index in [1.54, 1.807) is 6.07 Å². The maximum Gasteiger partial charge on any atom is 0.265 e. The van der Waals surface area contributed by atoms with E-state index in [9.17, 15) is 13.6 Å². The molecule has 2 rings (SSSR count). The second kappa shape index (κ2) is 5.41. The van der Waals surface area contributed by atoms with Gasteiger partial charge in [-0.3, -0.25) is 4.79 Å². The molecule has 0 aromatic carbocycles. The number of carbonyl (C=O) groups excluding carboxylic acids is 1. The lowest BCUT2D eigenvalue weighted by Crippen LogP contribution is -2.12. The molecular formula is C10H4Br2F2N2OS. The minimum absolute atomic E-state index is 0.165. The molecule has 2 aromatic rings. The largest absolute Gasteiger partial charge is 0.317 e. The lowest BCUT2D eigenvalue weighted by atomic mass is 10.3. The first-order valence-electron chi connectivity index (χ1n) is 4.55. The van der Waals surface area contributed by atoms with Gasteiger partial charge in [0.1, 0.15) is 0 Å². The smallest absolute Gasteiger partial charge is 0.265 e. The molecule has 0 saturated carbocycles. The SMILES string of the molecule is O=C(Nc1ccc(F)nc1F)c1cc(Br)c(Br)s1. The topological polar surface area (TPSA) is 42.0 Å². The van der Waals surface area contributed by atoms with Crippen LogP contribution in [0, 0.1) is 11.9 Å². The highest BCUT2D eigenvalue weighted by molar-refractivity contribution is 9.13. The van der Waals surface area contributed by atoms with Crippen LogP contribution in [-0.2, 0) is 0 Å². The third-order valence-corrected chi connectivity index (χ3v) is 5.19. The molecule has 0 bridgehead atoms. The van der Waals surface area contributed by atoms with Crippen LogP contribution in [-0.4, -0.2) is 10.9 Å². The molecule has 0 radical (unpaired) electrons. The molecule has 0 aliphatic heterocycles. The van der Waals surface area contributed by atoms with Gasteiger partial charge >= 0.3 is 0 Å². The number of amides is 1. The molecule has 0 saturated heterocycles. The molecule has 94 valence electrons. The number of nitrogens with one attached hydrogen (secondary N) is 1. The van der Waals surface area contributed by atoms with Crippen LogP contribution in [0.1, 0.15) is 9.67 Å². The molecule has 0 unspecified atom stereocenters. The quantitative estimate of drug-likeness (QED) is 0.771. The summed E-state index contributed by atoms with van der Waals surface area (Å²) in [5.74, 6) is -2.48. The Labute approximate surface area is 121 Å². The molecule has 0 aliphatic carbocycles. The van der Waals surface area contributed by atoms with Crippen molar-refractivity contribution in [2.24, 2.45) is 0 Å². The van der Waals surface area contributed by atoms with E-state index in [2.05, 4.69) is 42.2 Å². The highest BCUT2D eigenvalue weighted by Gasteiger charge is 2.14. The maximum absolute atomic E-state index is 13.2. The van der Waals surface area contributed by atoms with Crippen LogP contribution in [0.5, 0.6) is 0 Å². The predicted molar refractivity (Wildman–Crippen MR) is 71.8 cm³/mol. The molecular weight excluding hydrogens is 394 g/mol. The molecule has 0 atom stereocenters. The van der Waals surface area contributed by atoms with Crippen molar-refractivity contribution in [3.8, 4) is 0 Å². The number of hydrogen-bond donors (Lipinski definition) is 1. The number of carbonyl (C=O) groups is 1. The molecule has 2 heterocycles. The molecule has 18 heavy (non-hydrogen) atoms. The van der Waals surface area contributed by atoms with Crippen molar-refractivity contribution in [1.82, 2.24) is 4.98 Å². The third-order valence-electron chi connectivity index (χ3n) is 1.93. The Morgan fingerprint density at radius 2 is 2.06 bits per heavy atom. The van der Waals surface area contributed by atoms with Crippen LogP contribution >= 0.6 is 43.2 Å². The zero-order valence-corrected chi connectivity index (χ0v) is 12.5. The molecule has 1 N–H and O–H groups in total. The second-order valence-electron chi connectivity index (χ2n) is 3.16. The summed E-state index contributed by atoms with van der Waals surface area (Å²) in [6, 6.07) is 3.69. The third kappa shape index (κ3) is 2.93. The Balaban J connectivity index is 2.21. The number of rotatable bonds is 2. The summed E-state index contributed by atoms with van der Waals surface area (Å²) in [5, 5.41) is 2.32. The van der Waals surface area contributed by atoms with Crippen molar-refractivity contribution < 1.29 is 13.6 Å². The van der Waals surface area contributed by atoms with Gasteiger partial charge in [-0.05, 0) is 50.1 Å². The van der Waals surface area contributed by atoms with Crippen LogP contribution in [0.3, 0.4) is 0 Å². The van der Waals surface area contributed by atoms with Crippen LogP contribution in [0.2, 0.25) is 0 Å². The minimum Gasteiger partial charge on any atom is -0.317 e. The number of aromatic nitrogens is 1. The Morgan fingerprint density at radius 1 is 1.33 bits per heavy atom. The molecule has 2 aromatic heterocycles. The molecule has 1 amide bonds. The van der Waals surface area contributed by atoms with E-state index in [-0.39, 0.29) is 5.69 Å². The average Bonchev–Trinajstić information content (AvgIpc) is 2.63. The lowest BCUT2D eigenvalue weighted by Gasteiger charge is -2.03. The number of anilines is 1. The number of pyridine rings is 1. The summed E-state index contributed by atoms with van der Waals surface area (Å²) < 4.78 is 27.3. The van der Waals surface area contributed by atoms with Gasteiger partial charge in [-0.2, -0.15) is 13.8 Å². The van der Waals surface area contributed by atoms with Crippen LogP contribution in [0.15, 0.2) is 26.5 Å². The van der Waals surface area contributed by atoms with Crippen molar-refractivity contribution >= 4 is 54.8 Å². The van der Waals surface area contributed by atoms with Gasteiger partial charge in [-0.25, -0.2) is 0 Å². The predicted octanol–water partition coefficient (Wildman–Crippen LogP) is 4.20. The summed E-state index contributed by atoms with van der Waals surface area (Å²) in [7, 11) is 0. The van der Waals surface area contributed by atoms with Crippen LogP contribution in [0.25, 0.3) is 0 Å². The van der Waals surface area contributed by atoms with E-state index in [0.29, 0.717) is 4.88 Å². The van der Waals surface area contributed by atoms with E-state index in [1.807, 2.05) is 0 Å². The Morgan fingerprint density at radius 3 is 2.61 bits per heavy atom. The van der Waals surface area contributed by atoms with E-state index < -0.39 is 17.8 Å². The number of hydrogen-bond acceptors (Lipinski definition) is 3. The van der Waals surface area contributed by atoms with E-state index in [1.165, 1.54) is 11.3 Å². The summed E-state index contributed by atoms with van der Waals surface area (Å²) in [4.78, 5) is 15.2. The number of thiophene rings is 1.